The minimum absolute atomic E-state index is 0.0222. The van der Waals surface area contributed by atoms with Crippen LogP contribution in [-0.2, 0) is 33.5 Å². The predicted molar refractivity (Wildman–Crippen MR) is 365 cm³/mol. The summed E-state index contributed by atoms with van der Waals surface area (Å²) in [7, 11) is 6.30. The van der Waals surface area contributed by atoms with E-state index in [9.17, 15) is 29.4 Å². The topological polar surface area (TPSA) is 181 Å². The molecule has 0 bridgehead atoms. The Balaban J connectivity index is 0.000000135. The summed E-state index contributed by atoms with van der Waals surface area (Å²) < 4.78 is 14.3. The summed E-state index contributed by atoms with van der Waals surface area (Å²) >= 11 is 0. The highest BCUT2D eigenvalue weighted by Gasteiger charge is 2.64. The smallest absolute Gasteiger partial charge is 0.334 e. The first-order valence-electron chi connectivity index (χ1n) is 35.2. The van der Waals surface area contributed by atoms with Gasteiger partial charge in [-0.1, -0.05) is 110 Å². The van der Waals surface area contributed by atoms with Crippen molar-refractivity contribution in [2.24, 2.45) is 70.0 Å². The van der Waals surface area contributed by atoms with Gasteiger partial charge in [-0.15, -0.1) is 5.06 Å². The van der Waals surface area contributed by atoms with Crippen LogP contribution in [0.25, 0.3) is 0 Å². The molecule has 92 heavy (non-hydrogen) atoms. The van der Waals surface area contributed by atoms with Gasteiger partial charge in [0.2, 0.25) is 5.91 Å². The zero-order chi connectivity index (χ0) is 64.4. The number of hydrogen-bond acceptors (Lipinski definition) is 16. The number of piperidine rings is 2. The number of hydrogen-bond donors (Lipinski definition) is 3. The lowest BCUT2D eigenvalue weighted by Gasteiger charge is -2.49. The van der Waals surface area contributed by atoms with E-state index < -0.39 is 17.8 Å². The number of allylic oxidation sites excluding steroid dienone is 4. The van der Waals surface area contributed by atoms with Crippen LogP contribution in [0.5, 0.6) is 0 Å². The fourth-order valence-corrected chi connectivity index (χ4v) is 24.6. The second kappa shape index (κ2) is 27.5. The van der Waals surface area contributed by atoms with Crippen LogP contribution < -0.4 is 5.32 Å². The third kappa shape index (κ3) is 12.6. The van der Waals surface area contributed by atoms with Gasteiger partial charge < -0.3 is 34.7 Å². The van der Waals surface area contributed by atoms with E-state index in [1.54, 1.807) is 50.1 Å². The van der Waals surface area contributed by atoms with Gasteiger partial charge in [-0.05, 0) is 238 Å². The normalized spacial score (nSPS) is 40.6. The maximum Gasteiger partial charge on any atom is 0.334 e. The highest BCUT2D eigenvalue weighted by atomic mass is 33.1. The van der Waals surface area contributed by atoms with Crippen molar-refractivity contribution in [2.75, 3.05) is 24.6 Å². The molecule has 3 N–H and O–H groups in total. The molecular weight excluding hydrogens is 1230 g/mol. The molecular formula is C74H101N5O9S4. The second-order valence-electron chi connectivity index (χ2n) is 30.6. The van der Waals surface area contributed by atoms with Crippen LogP contribution >= 0.6 is 43.2 Å². The van der Waals surface area contributed by atoms with Crippen molar-refractivity contribution in [3.63, 3.8) is 0 Å². The summed E-state index contributed by atoms with van der Waals surface area (Å²) in [5.74, 6) is 6.59. The summed E-state index contributed by atoms with van der Waals surface area (Å²) in [6.45, 7) is 21.4. The molecule has 4 saturated carbocycles. The number of likely N-dealkylation sites (tertiary alicyclic amines) is 1. The molecule has 8 aliphatic carbocycles. The molecule has 2 aromatic rings. The number of rotatable bonds is 11. The number of carbonyl (C=O) groups excluding carboxylic acids is 4. The molecule has 5 saturated heterocycles. The largest absolute Gasteiger partial charge is 0.393 e. The van der Waals surface area contributed by atoms with Crippen molar-refractivity contribution < 1.29 is 43.7 Å². The fraction of sp³-hybridized carbons (Fsp3) is 0.703. The number of nitrogens with zero attached hydrogens (tertiary/aromatic N) is 4. The maximum atomic E-state index is 13.7. The summed E-state index contributed by atoms with van der Waals surface area (Å²) in [4.78, 5) is 63.2. The molecule has 0 aromatic carbocycles. The van der Waals surface area contributed by atoms with Crippen LogP contribution in [0.3, 0.4) is 0 Å². The molecule has 15 rings (SSSR count). The van der Waals surface area contributed by atoms with Gasteiger partial charge in [0.1, 0.15) is 10.1 Å². The van der Waals surface area contributed by atoms with E-state index in [2.05, 4.69) is 87.7 Å². The Morgan fingerprint density at radius 3 is 1.74 bits per heavy atom. The Bertz CT molecular complexity index is 3210. The summed E-state index contributed by atoms with van der Waals surface area (Å²) in [5.41, 5.74) is 9.99. The number of aliphatic hydroxyl groups is 2. The third-order valence-corrected chi connectivity index (χ3v) is 30.3. The van der Waals surface area contributed by atoms with Crippen LogP contribution in [-0.4, -0.2) is 126 Å². The molecule has 2 spiro atoms. The lowest BCUT2D eigenvalue weighted by Crippen LogP contribution is -2.54. The number of aromatic nitrogens is 2. The highest BCUT2D eigenvalue weighted by Crippen LogP contribution is 2.67. The zero-order valence-electron chi connectivity index (χ0n) is 55.7. The zero-order valence-corrected chi connectivity index (χ0v) is 58.9. The van der Waals surface area contributed by atoms with Crippen LogP contribution in [0.1, 0.15) is 184 Å². The van der Waals surface area contributed by atoms with Crippen molar-refractivity contribution >= 4 is 66.9 Å². The maximum absolute atomic E-state index is 13.7. The first-order chi connectivity index (χ1) is 44.2. The first kappa shape index (κ1) is 67.1. The summed E-state index contributed by atoms with van der Waals surface area (Å²) in [6.07, 6.45) is 27.7. The lowest BCUT2D eigenvalue weighted by atomic mass is 9.56. The standard InChI is InChI=1S/C35H48N2O3S2.C27H41NO2.C12H12N2O4S2/c1-21-17-30-33(37(20-21)32(39)12-16-41-42-31-7-5-6-15-36-31)23(3)35(40-30)14-11-26-27-9-8-24-18-25(38)10-13-34(24,4)29(27)19-28(26)22(35)2;1-15-11-24-25(28-14-15)17(3)27(30-24)10-8-20-21-6-5-18-12-19(29)7-9-26(18,4)23(21)13-22(20)16(27)2;15-10-4-5-11(16)14(10)18-12(17)6-8-19-20-9-3-1-2-7-13-9/h5-8,15,21,23,25-27,29-30,33,38H,9-14,16-20H2,1-4H3;5,15,17,19-21,23-25,28-29H,6-14H2,1-4H3;1-3,7H,4-6,8H2/t21-,23+,25-,26-,27-,29-,30+,33-,34-,35-;15-,17+,19-,20-,21-,23-,24+,25-,26-,27-;/m00./s1. The van der Waals surface area contributed by atoms with Gasteiger partial charge in [-0.3, -0.25) is 14.4 Å². The van der Waals surface area contributed by atoms with Gasteiger partial charge in [-0.2, -0.15) is 0 Å². The number of fused-ring (bicyclic) bond motifs is 12. The van der Waals surface area contributed by atoms with E-state index in [0.29, 0.717) is 64.4 Å². The highest BCUT2D eigenvalue weighted by molar-refractivity contribution is 8.77. The van der Waals surface area contributed by atoms with Gasteiger partial charge >= 0.3 is 5.97 Å². The molecule has 7 heterocycles. The van der Waals surface area contributed by atoms with E-state index >= 15 is 0 Å². The Kier molecular flexibility index (Phi) is 20.0. The van der Waals surface area contributed by atoms with Crippen molar-refractivity contribution in [1.82, 2.24) is 25.2 Å². The molecule has 18 heteroatoms. The van der Waals surface area contributed by atoms with Crippen molar-refractivity contribution in [3.05, 3.63) is 94.4 Å². The molecule has 13 aliphatic rings. The monoisotopic (exact) mass is 1330 g/mol. The van der Waals surface area contributed by atoms with Gasteiger partial charge in [-0.25, -0.2) is 14.8 Å². The van der Waals surface area contributed by atoms with Crippen molar-refractivity contribution in [2.45, 2.75) is 242 Å². The van der Waals surface area contributed by atoms with Gasteiger partial charge in [0.25, 0.3) is 11.8 Å². The van der Waals surface area contributed by atoms with E-state index in [1.807, 2.05) is 42.6 Å². The average Bonchev–Trinajstić information content (AvgIpc) is 1.55. The van der Waals surface area contributed by atoms with Gasteiger partial charge in [0.15, 0.2) is 0 Å². The molecule has 9 fully saturated rings. The molecule has 5 aliphatic heterocycles. The number of carbonyl (C=O) groups is 4. The predicted octanol–water partition coefficient (Wildman–Crippen LogP) is 14.3. The number of nitrogens with one attached hydrogen (secondary N) is 1. The summed E-state index contributed by atoms with van der Waals surface area (Å²) in [5, 5.41) is 26.9. The third-order valence-electron chi connectivity index (χ3n) is 25.7. The van der Waals surface area contributed by atoms with Crippen molar-refractivity contribution in [3.8, 4) is 0 Å². The molecule has 20 atom stereocenters. The Morgan fingerprint density at radius 2 is 1.20 bits per heavy atom. The Morgan fingerprint density at radius 1 is 0.674 bits per heavy atom. The number of pyridine rings is 2. The Hall–Kier alpha value is -3.46. The second-order valence-corrected chi connectivity index (χ2v) is 35.5. The van der Waals surface area contributed by atoms with Crippen LogP contribution in [0, 0.1) is 70.0 Å². The summed E-state index contributed by atoms with van der Waals surface area (Å²) in [6, 6.07) is 12.2. The molecule has 14 nitrogen and oxygen atoms in total. The Labute approximate surface area is 562 Å². The molecule has 500 valence electrons. The number of aliphatic hydroxyl groups excluding tert-OH is 2. The minimum Gasteiger partial charge on any atom is -0.393 e. The molecule has 3 amide bonds. The fourth-order valence-electron chi connectivity index (χ4n) is 20.9. The lowest BCUT2D eigenvalue weighted by molar-refractivity contribution is -0.197. The van der Waals surface area contributed by atoms with Crippen LogP contribution in [0.15, 0.2) is 104 Å². The molecule has 2 aromatic heterocycles. The van der Waals surface area contributed by atoms with Crippen LogP contribution in [0.4, 0.5) is 0 Å². The number of ether oxygens (including phenoxy) is 2. The van der Waals surface area contributed by atoms with Gasteiger partial charge in [0.05, 0.1) is 48.1 Å². The number of hydroxylamine groups is 2. The SMILES string of the molecule is CC1=C2C[C@H]3[C@@H](CC=C4C[C@@H](O)CC[C@@]43C)[C@@H]2CC[C@]12O[C@@H]1C[C@H](C)CN(C(=O)CCSSc3ccccn3)[C@H]1[C@H]2C.CC1=C2C[C@H]3[C@@H](CC=C4C[C@@H](O)CC[C@@]43C)[C@@H]2CC[C@]12O[C@@H]1C[C@H](C)CN[C@H]1[C@H]2C.O=C(CCSSc1ccccn1)ON1C(=O)CCC1=O. The van der Waals surface area contributed by atoms with E-state index in [0.717, 1.165) is 103 Å². The van der Waals surface area contributed by atoms with Crippen LogP contribution in [0.2, 0.25) is 0 Å². The molecule has 0 radical (unpaired) electrons. The number of imide groups is 1. The number of amides is 3. The first-order valence-corrected chi connectivity index (χ1v) is 39.9. The van der Waals surface area contributed by atoms with Crippen molar-refractivity contribution in [1.29, 1.82) is 0 Å². The molecule has 0 unspecified atom stereocenters. The average molecular weight is 1330 g/mol. The minimum atomic E-state index is -0.581. The van der Waals surface area contributed by atoms with E-state index in [4.69, 9.17) is 14.3 Å². The van der Waals surface area contributed by atoms with Gasteiger partial charge in [0, 0.05) is 67.6 Å². The van der Waals surface area contributed by atoms with E-state index in [1.165, 1.54) is 90.5 Å². The quantitative estimate of drug-likeness (QED) is 0.0836. The van der Waals surface area contributed by atoms with E-state index in [-0.39, 0.29) is 66.1 Å².